The quantitative estimate of drug-likeness (QED) is 0.674. The summed E-state index contributed by atoms with van der Waals surface area (Å²) >= 11 is 1.29. The Labute approximate surface area is 147 Å². The molecule has 1 aromatic rings. The summed E-state index contributed by atoms with van der Waals surface area (Å²) in [6.07, 6.45) is 1.69. The van der Waals surface area contributed by atoms with Gasteiger partial charge in [-0.3, -0.25) is 4.79 Å². The van der Waals surface area contributed by atoms with Crippen LogP contribution in [0.4, 0.5) is 5.69 Å². The van der Waals surface area contributed by atoms with E-state index in [4.69, 9.17) is 4.74 Å². The first-order valence-electron chi connectivity index (χ1n) is 7.98. The van der Waals surface area contributed by atoms with Crippen LogP contribution in [-0.4, -0.2) is 43.5 Å². The zero-order valence-electron chi connectivity index (χ0n) is 14.9. The Balaban J connectivity index is 2.29. The molecule has 24 heavy (non-hydrogen) atoms. The topological polar surface area (TPSA) is 58.6 Å². The van der Waals surface area contributed by atoms with Crippen LogP contribution in [0.25, 0.3) is 0 Å². The van der Waals surface area contributed by atoms with Gasteiger partial charge in [-0.1, -0.05) is 11.8 Å². The minimum absolute atomic E-state index is 0.0468. The number of rotatable bonds is 3. The highest BCUT2D eigenvalue weighted by Gasteiger charge is 2.28. The Morgan fingerprint density at radius 3 is 2.79 bits per heavy atom. The molecule has 1 atom stereocenters. The maximum Gasteiger partial charge on any atom is 0.350 e. The van der Waals surface area contributed by atoms with Crippen LogP contribution >= 0.6 is 11.3 Å². The molecule has 0 aliphatic carbocycles. The molecular weight excluding hydrogens is 324 g/mol. The third-order valence-electron chi connectivity index (χ3n) is 3.65. The lowest BCUT2D eigenvalue weighted by Gasteiger charge is -2.30. The molecule has 5 nitrogen and oxygen atoms in total. The maximum absolute atomic E-state index is 12.3. The number of methoxy groups -OCH3 is 1. The minimum Gasteiger partial charge on any atom is -0.465 e. The first kappa shape index (κ1) is 18.3. The fourth-order valence-corrected chi connectivity index (χ4v) is 3.30. The molecule has 0 spiro atoms. The average molecular weight is 348 g/mol. The SMILES string of the molecule is COC(=O)c1sc(C#CC(C)(C)C)cc1N[C@H]1CCCN(C)C1=O. The van der Waals surface area contributed by atoms with Crippen LogP contribution < -0.4 is 5.32 Å². The summed E-state index contributed by atoms with van der Waals surface area (Å²) in [6.45, 7) is 6.87. The highest BCUT2D eigenvalue weighted by molar-refractivity contribution is 7.15. The van der Waals surface area contributed by atoms with E-state index in [-0.39, 0.29) is 17.4 Å². The van der Waals surface area contributed by atoms with Gasteiger partial charge in [-0.2, -0.15) is 0 Å². The average Bonchev–Trinajstić information content (AvgIpc) is 2.91. The first-order valence-corrected chi connectivity index (χ1v) is 8.80. The van der Waals surface area contributed by atoms with Crippen molar-refractivity contribution >= 4 is 28.9 Å². The second-order valence-corrected chi connectivity index (χ2v) is 8.00. The Bertz CT molecular complexity index is 691. The first-order chi connectivity index (χ1) is 11.2. The number of hydrogen-bond donors (Lipinski definition) is 1. The van der Waals surface area contributed by atoms with Gasteiger partial charge in [0.1, 0.15) is 10.9 Å². The molecule has 0 saturated carbocycles. The van der Waals surface area contributed by atoms with Crippen molar-refractivity contribution < 1.29 is 14.3 Å². The van der Waals surface area contributed by atoms with Crippen molar-refractivity contribution in [1.29, 1.82) is 0 Å². The van der Waals surface area contributed by atoms with Crippen molar-refractivity contribution in [2.45, 2.75) is 39.7 Å². The van der Waals surface area contributed by atoms with E-state index in [1.807, 2.05) is 26.8 Å². The lowest BCUT2D eigenvalue weighted by molar-refractivity contribution is -0.132. The molecule has 0 unspecified atom stereocenters. The number of piperidine rings is 1. The van der Waals surface area contributed by atoms with Gasteiger partial charge < -0.3 is 15.0 Å². The van der Waals surface area contributed by atoms with Gasteiger partial charge >= 0.3 is 5.97 Å². The van der Waals surface area contributed by atoms with E-state index in [0.717, 1.165) is 24.3 Å². The summed E-state index contributed by atoms with van der Waals surface area (Å²) < 4.78 is 4.86. The van der Waals surface area contributed by atoms with Crippen LogP contribution in [0.5, 0.6) is 0 Å². The molecule has 0 bridgehead atoms. The van der Waals surface area contributed by atoms with Crippen molar-refractivity contribution in [2.75, 3.05) is 26.0 Å². The Kier molecular flexibility index (Phi) is 5.55. The van der Waals surface area contributed by atoms with Gasteiger partial charge in [0.25, 0.3) is 0 Å². The number of ether oxygens (including phenoxy) is 1. The van der Waals surface area contributed by atoms with E-state index in [0.29, 0.717) is 10.6 Å². The summed E-state index contributed by atoms with van der Waals surface area (Å²) in [5.41, 5.74) is 0.504. The van der Waals surface area contributed by atoms with Crippen molar-refractivity contribution in [2.24, 2.45) is 5.41 Å². The predicted molar refractivity (Wildman–Crippen MR) is 96.3 cm³/mol. The maximum atomic E-state index is 12.3. The van der Waals surface area contributed by atoms with Crippen LogP contribution in [0.2, 0.25) is 0 Å². The van der Waals surface area contributed by atoms with Gasteiger partial charge in [-0.15, -0.1) is 11.3 Å². The Hall–Kier alpha value is -2.00. The van der Waals surface area contributed by atoms with Gasteiger partial charge in [0.15, 0.2) is 0 Å². The number of likely N-dealkylation sites (N-methyl/N-ethyl adjacent to an activating group) is 1. The van der Waals surface area contributed by atoms with Gasteiger partial charge in [-0.05, 0) is 39.7 Å². The minimum atomic E-state index is -0.414. The summed E-state index contributed by atoms with van der Waals surface area (Å²) in [7, 11) is 3.15. The molecule has 2 heterocycles. The number of hydrogen-bond acceptors (Lipinski definition) is 5. The number of nitrogens with zero attached hydrogens (tertiary/aromatic N) is 1. The fourth-order valence-electron chi connectivity index (χ4n) is 2.41. The van der Waals surface area contributed by atoms with Gasteiger partial charge in [-0.25, -0.2) is 4.79 Å². The molecule has 130 valence electrons. The van der Waals surface area contributed by atoms with Crippen molar-refractivity contribution in [3.63, 3.8) is 0 Å². The number of nitrogens with one attached hydrogen (secondary N) is 1. The molecule has 1 amide bonds. The number of amides is 1. The lowest BCUT2D eigenvalue weighted by atomic mass is 9.98. The molecule has 1 fully saturated rings. The number of thiophene rings is 1. The second kappa shape index (κ2) is 7.27. The summed E-state index contributed by atoms with van der Waals surface area (Å²) in [5, 5.41) is 3.21. The van der Waals surface area contributed by atoms with Crippen LogP contribution in [0.3, 0.4) is 0 Å². The predicted octanol–water partition coefficient (Wildman–Crippen LogP) is 2.97. The van der Waals surface area contributed by atoms with E-state index in [1.54, 1.807) is 11.9 Å². The molecule has 2 rings (SSSR count). The monoisotopic (exact) mass is 348 g/mol. The van der Waals surface area contributed by atoms with Gasteiger partial charge in [0, 0.05) is 19.0 Å². The molecule has 1 saturated heterocycles. The normalized spacial score (nSPS) is 18.0. The van der Waals surface area contributed by atoms with Crippen molar-refractivity contribution in [1.82, 2.24) is 4.90 Å². The van der Waals surface area contributed by atoms with Crippen LogP contribution in [0.15, 0.2) is 6.07 Å². The molecule has 0 radical (unpaired) electrons. The summed E-state index contributed by atoms with van der Waals surface area (Å²) in [4.78, 5) is 27.3. The molecule has 1 aromatic heterocycles. The van der Waals surface area contributed by atoms with Gasteiger partial charge in [0.05, 0.1) is 17.7 Å². The molecule has 0 aromatic carbocycles. The Morgan fingerprint density at radius 2 is 2.17 bits per heavy atom. The van der Waals surface area contributed by atoms with E-state index < -0.39 is 5.97 Å². The zero-order valence-corrected chi connectivity index (χ0v) is 15.7. The Morgan fingerprint density at radius 1 is 1.46 bits per heavy atom. The molecular formula is C18H24N2O3S. The zero-order chi connectivity index (χ0) is 17.9. The van der Waals surface area contributed by atoms with E-state index in [1.165, 1.54) is 18.4 Å². The molecule has 6 heteroatoms. The number of anilines is 1. The second-order valence-electron chi connectivity index (χ2n) is 6.94. The van der Waals surface area contributed by atoms with Crippen LogP contribution in [-0.2, 0) is 9.53 Å². The number of likely N-dealkylation sites (tertiary alicyclic amines) is 1. The van der Waals surface area contributed by atoms with Crippen molar-refractivity contribution in [3.05, 3.63) is 15.8 Å². The highest BCUT2D eigenvalue weighted by atomic mass is 32.1. The van der Waals surface area contributed by atoms with Crippen LogP contribution in [0, 0.1) is 17.3 Å². The number of carbonyl (C=O) groups is 2. The van der Waals surface area contributed by atoms with E-state index in [9.17, 15) is 9.59 Å². The molecule has 1 aliphatic rings. The largest absolute Gasteiger partial charge is 0.465 e. The number of esters is 1. The fraction of sp³-hybridized carbons (Fsp3) is 0.556. The molecule has 1 aliphatic heterocycles. The van der Waals surface area contributed by atoms with Crippen molar-refractivity contribution in [3.8, 4) is 11.8 Å². The smallest absolute Gasteiger partial charge is 0.350 e. The van der Waals surface area contributed by atoms with E-state index in [2.05, 4.69) is 17.2 Å². The third kappa shape index (κ3) is 4.51. The van der Waals surface area contributed by atoms with E-state index >= 15 is 0 Å². The number of carbonyl (C=O) groups excluding carboxylic acids is 2. The molecule has 1 N–H and O–H groups in total. The van der Waals surface area contributed by atoms with Gasteiger partial charge in [0.2, 0.25) is 5.91 Å². The van der Waals surface area contributed by atoms with Crippen LogP contribution in [0.1, 0.15) is 48.2 Å². The highest BCUT2D eigenvalue weighted by Crippen LogP contribution is 2.30. The standard InChI is InChI=1S/C18H24N2O3S/c1-18(2,3)9-8-12-11-14(15(24-12)17(22)23-5)19-13-7-6-10-20(4)16(13)21/h11,13,19H,6-7,10H2,1-5H3/t13-/m0/s1. The summed E-state index contributed by atoms with van der Waals surface area (Å²) in [5.74, 6) is 5.90. The third-order valence-corrected chi connectivity index (χ3v) is 4.68. The lowest BCUT2D eigenvalue weighted by Crippen LogP contribution is -2.45. The summed E-state index contributed by atoms with van der Waals surface area (Å²) in [6, 6.07) is 1.52.